The van der Waals surface area contributed by atoms with Crippen molar-refractivity contribution in [2.24, 2.45) is 5.92 Å². The van der Waals surface area contributed by atoms with Crippen LogP contribution in [0.3, 0.4) is 0 Å². The molecule has 0 spiro atoms. The van der Waals surface area contributed by atoms with Gasteiger partial charge in [0.05, 0.1) is 6.04 Å². The zero-order chi connectivity index (χ0) is 17.3. The van der Waals surface area contributed by atoms with Crippen LogP contribution in [0.15, 0.2) is 35.9 Å². The molecule has 1 aromatic carbocycles. The van der Waals surface area contributed by atoms with Gasteiger partial charge in [-0.3, -0.25) is 9.69 Å². The number of carboxylic acids is 1. The zero-order valence-corrected chi connectivity index (χ0v) is 14.7. The van der Waals surface area contributed by atoms with Crippen LogP contribution in [0.2, 0.25) is 0 Å². The summed E-state index contributed by atoms with van der Waals surface area (Å²) in [5.41, 5.74) is 2.93. The minimum absolute atomic E-state index is 0.0501. The molecule has 1 aromatic rings. The quantitative estimate of drug-likeness (QED) is 0.636. The molecule has 1 aliphatic heterocycles. The molecule has 5 heteroatoms. The maximum atomic E-state index is 13.0. The van der Waals surface area contributed by atoms with Crippen LogP contribution in [0.25, 0.3) is 0 Å². The fourth-order valence-electron chi connectivity index (χ4n) is 3.43. The number of benzene rings is 1. The number of rotatable bonds is 5. The topological polar surface area (TPSA) is 57.6 Å². The van der Waals surface area contributed by atoms with E-state index in [0.29, 0.717) is 6.54 Å². The molecule has 1 aliphatic carbocycles. The average Bonchev–Trinajstić information content (AvgIpc) is 3.36. The first-order valence-corrected chi connectivity index (χ1v) is 8.93. The second-order valence-electron chi connectivity index (χ2n) is 6.77. The number of aryl methyl sites for hydroxylation is 1. The third kappa shape index (κ3) is 3.73. The van der Waals surface area contributed by atoms with E-state index in [1.165, 1.54) is 6.08 Å². The first-order valence-electron chi connectivity index (χ1n) is 8.42. The maximum absolute atomic E-state index is 13.0. The van der Waals surface area contributed by atoms with Crippen LogP contribution in [0, 0.1) is 12.8 Å². The van der Waals surface area contributed by atoms with Crippen molar-refractivity contribution < 1.29 is 14.7 Å². The van der Waals surface area contributed by atoms with E-state index in [0.717, 1.165) is 42.5 Å². The molecule has 1 heterocycles. The van der Waals surface area contributed by atoms with E-state index in [1.54, 1.807) is 0 Å². The van der Waals surface area contributed by atoms with Crippen LogP contribution < -0.4 is 0 Å². The number of nitrogens with zero attached hydrogens (tertiary/aromatic N) is 1. The van der Waals surface area contributed by atoms with Gasteiger partial charge in [-0.15, -0.1) is 0 Å². The third-order valence-corrected chi connectivity index (χ3v) is 5.50. The molecular weight excluding hydrogens is 322 g/mol. The standard InChI is InChI=1S/C19H23NO3S/c1-12-4-2-3-5-15(12)18(19(23)13-6-7-13)20-9-8-16(24)14(11-20)10-17(21)22/h2-5,10,13,16,18,24H,6-9,11H2,1H3,(H,21,22)/b14-10-. The number of piperidine rings is 1. The molecule has 2 aliphatic rings. The predicted octanol–water partition coefficient (Wildman–Crippen LogP) is 3.03. The number of aliphatic carboxylic acids is 1. The van der Waals surface area contributed by atoms with Gasteiger partial charge in [-0.2, -0.15) is 12.6 Å². The van der Waals surface area contributed by atoms with Crippen molar-refractivity contribution in [3.05, 3.63) is 47.0 Å². The van der Waals surface area contributed by atoms with Gasteiger partial charge in [0.25, 0.3) is 0 Å². The van der Waals surface area contributed by atoms with Gasteiger partial charge in [0.15, 0.2) is 5.78 Å². The van der Waals surface area contributed by atoms with Crippen molar-refractivity contribution in [1.82, 2.24) is 4.90 Å². The van der Waals surface area contributed by atoms with Crippen LogP contribution in [0.5, 0.6) is 0 Å². The minimum atomic E-state index is -0.952. The number of carboxylic acid groups (broad SMARTS) is 1. The summed E-state index contributed by atoms with van der Waals surface area (Å²) in [6, 6.07) is 7.72. The monoisotopic (exact) mass is 345 g/mol. The summed E-state index contributed by atoms with van der Waals surface area (Å²) in [4.78, 5) is 26.2. The van der Waals surface area contributed by atoms with Gasteiger partial charge >= 0.3 is 5.97 Å². The van der Waals surface area contributed by atoms with Crippen molar-refractivity contribution in [1.29, 1.82) is 0 Å². The number of carbonyl (C=O) groups is 2. The number of hydrogen-bond donors (Lipinski definition) is 2. The van der Waals surface area contributed by atoms with E-state index in [-0.39, 0.29) is 23.0 Å². The highest BCUT2D eigenvalue weighted by Gasteiger charge is 2.40. The van der Waals surface area contributed by atoms with Gasteiger partial charge in [0.2, 0.25) is 0 Å². The smallest absolute Gasteiger partial charge is 0.328 e. The Kier molecular flexibility index (Phi) is 5.11. The fourth-order valence-corrected chi connectivity index (χ4v) is 3.70. The molecule has 1 N–H and O–H groups in total. The molecule has 1 saturated heterocycles. The first-order chi connectivity index (χ1) is 11.5. The van der Waals surface area contributed by atoms with E-state index in [9.17, 15) is 9.59 Å². The summed E-state index contributed by atoms with van der Waals surface area (Å²) in [6.07, 6.45) is 3.95. The Morgan fingerprint density at radius 1 is 1.29 bits per heavy atom. The maximum Gasteiger partial charge on any atom is 0.328 e. The number of likely N-dealkylation sites (tertiary alicyclic amines) is 1. The van der Waals surface area contributed by atoms with Gasteiger partial charge < -0.3 is 5.11 Å². The number of thiol groups is 1. The molecule has 2 atom stereocenters. The van der Waals surface area contributed by atoms with Crippen LogP contribution in [0.1, 0.15) is 36.4 Å². The Hall–Kier alpha value is -1.59. The second-order valence-corrected chi connectivity index (χ2v) is 7.39. The summed E-state index contributed by atoms with van der Waals surface area (Å²) in [7, 11) is 0. The van der Waals surface area contributed by atoms with E-state index < -0.39 is 5.97 Å². The van der Waals surface area contributed by atoms with Crippen molar-refractivity contribution in [2.75, 3.05) is 13.1 Å². The molecule has 4 nitrogen and oxygen atoms in total. The van der Waals surface area contributed by atoms with Crippen LogP contribution in [0.4, 0.5) is 0 Å². The zero-order valence-electron chi connectivity index (χ0n) is 13.8. The number of carbonyl (C=O) groups excluding carboxylic acids is 1. The summed E-state index contributed by atoms with van der Waals surface area (Å²) in [5, 5.41) is 9.03. The lowest BCUT2D eigenvalue weighted by Gasteiger charge is -2.38. The molecule has 128 valence electrons. The molecule has 0 radical (unpaired) electrons. The van der Waals surface area contributed by atoms with Crippen LogP contribution >= 0.6 is 12.6 Å². The Balaban J connectivity index is 1.92. The highest BCUT2D eigenvalue weighted by atomic mass is 32.1. The highest BCUT2D eigenvalue weighted by molar-refractivity contribution is 7.81. The summed E-state index contributed by atoms with van der Waals surface area (Å²) in [6.45, 7) is 3.27. The second kappa shape index (κ2) is 7.11. The lowest BCUT2D eigenvalue weighted by molar-refractivity contribution is -0.131. The Labute approximate surface area is 148 Å². The Morgan fingerprint density at radius 2 is 2.00 bits per heavy atom. The molecule has 2 unspecified atom stereocenters. The third-order valence-electron chi connectivity index (χ3n) is 4.91. The molecule has 3 rings (SSSR count). The first kappa shape index (κ1) is 17.2. The van der Waals surface area contributed by atoms with Gasteiger partial charge in [0.1, 0.15) is 0 Å². The molecule has 0 bridgehead atoms. The molecule has 2 fully saturated rings. The normalized spacial score (nSPS) is 24.8. The summed E-state index contributed by atoms with van der Waals surface area (Å²) >= 11 is 4.51. The SMILES string of the molecule is Cc1ccccc1C(C(=O)C1CC1)N1CCC(S)/C(=C\C(=O)O)C1. The van der Waals surface area contributed by atoms with Crippen molar-refractivity contribution >= 4 is 24.4 Å². The van der Waals surface area contributed by atoms with Crippen molar-refractivity contribution in [2.45, 2.75) is 37.5 Å². The lowest BCUT2D eigenvalue weighted by Crippen LogP contribution is -2.42. The van der Waals surface area contributed by atoms with E-state index in [2.05, 4.69) is 17.5 Å². The van der Waals surface area contributed by atoms with Gasteiger partial charge in [0, 0.05) is 30.3 Å². The molecule has 1 saturated carbocycles. The summed E-state index contributed by atoms with van der Waals surface area (Å²) in [5.74, 6) is -0.515. The molecule has 0 amide bonds. The van der Waals surface area contributed by atoms with Gasteiger partial charge in [-0.25, -0.2) is 4.79 Å². The van der Waals surface area contributed by atoms with Crippen molar-refractivity contribution in [3.63, 3.8) is 0 Å². The van der Waals surface area contributed by atoms with Crippen molar-refractivity contribution in [3.8, 4) is 0 Å². The van der Waals surface area contributed by atoms with Crippen LogP contribution in [-0.2, 0) is 9.59 Å². The largest absolute Gasteiger partial charge is 0.478 e. The molecule has 0 aromatic heterocycles. The molecular formula is C19H23NO3S. The van der Waals surface area contributed by atoms with E-state index >= 15 is 0 Å². The Bertz CT molecular complexity index is 681. The number of ketones is 1. The van der Waals surface area contributed by atoms with Gasteiger partial charge in [-0.1, -0.05) is 24.3 Å². The Morgan fingerprint density at radius 3 is 2.62 bits per heavy atom. The fraction of sp³-hybridized carbons (Fsp3) is 0.474. The van der Waals surface area contributed by atoms with E-state index in [1.807, 2.05) is 31.2 Å². The number of hydrogen-bond acceptors (Lipinski definition) is 4. The van der Waals surface area contributed by atoms with Crippen LogP contribution in [-0.4, -0.2) is 40.1 Å². The predicted molar refractivity (Wildman–Crippen MR) is 96.3 cm³/mol. The highest BCUT2D eigenvalue weighted by Crippen LogP contribution is 2.39. The van der Waals surface area contributed by atoms with Gasteiger partial charge in [-0.05, 0) is 42.9 Å². The molecule has 24 heavy (non-hydrogen) atoms. The number of Topliss-reactive ketones (excluding diaryl/α,β-unsaturated/α-hetero) is 1. The lowest BCUT2D eigenvalue weighted by atomic mass is 9.91. The van der Waals surface area contributed by atoms with E-state index in [4.69, 9.17) is 5.11 Å². The average molecular weight is 345 g/mol. The minimum Gasteiger partial charge on any atom is -0.478 e. The summed E-state index contributed by atoms with van der Waals surface area (Å²) < 4.78 is 0.